The van der Waals surface area contributed by atoms with Crippen molar-refractivity contribution in [2.75, 3.05) is 12.0 Å². The number of rotatable bonds is 4. The van der Waals surface area contributed by atoms with Crippen molar-refractivity contribution in [2.24, 2.45) is 0 Å². The fourth-order valence-electron chi connectivity index (χ4n) is 3.88. The Kier molecular flexibility index (Phi) is 5.66. The molecular formula is C25H16BrFN2O4S. The van der Waals surface area contributed by atoms with Crippen LogP contribution >= 0.6 is 27.3 Å². The van der Waals surface area contributed by atoms with Gasteiger partial charge in [-0.05, 0) is 60.2 Å². The zero-order chi connectivity index (χ0) is 24.0. The van der Waals surface area contributed by atoms with Crippen LogP contribution in [-0.2, 0) is 9.59 Å². The summed E-state index contributed by atoms with van der Waals surface area (Å²) in [7, 11) is 1.56. The van der Waals surface area contributed by atoms with Crippen LogP contribution in [0.3, 0.4) is 0 Å². The monoisotopic (exact) mass is 538 g/mol. The number of nitrogens with zero attached hydrogens (tertiary/aromatic N) is 2. The second-order valence-electron chi connectivity index (χ2n) is 7.56. The molecule has 9 heteroatoms. The van der Waals surface area contributed by atoms with Crippen LogP contribution in [0, 0.1) is 5.82 Å². The molecule has 1 N–H and O–H groups in total. The Balaban J connectivity index is 1.71. The normalized spacial score (nSPS) is 17.5. The number of halogens is 2. The number of methoxy groups -OCH3 is 1. The highest BCUT2D eigenvalue weighted by atomic mass is 79.9. The van der Waals surface area contributed by atoms with Crippen molar-refractivity contribution < 1.29 is 23.8 Å². The first-order valence-corrected chi connectivity index (χ1v) is 11.8. The Labute approximate surface area is 206 Å². The van der Waals surface area contributed by atoms with Crippen molar-refractivity contribution in [3.8, 4) is 5.75 Å². The second kappa shape index (κ2) is 8.66. The number of carbonyl (C=O) groups is 2. The number of hydrogen-bond acceptors (Lipinski definition) is 6. The highest BCUT2D eigenvalue weighted by molar-refractivity contribution is 9.10. The molecule has 1 saturated heterocycles. The van der Waals surface area contributed by atoms with Crippen LogP contribution < -0.4 is 9.64 Å². The number of fused-ring (bicyclic) bond motifs is 1. The van der Waals surface area contributed by atoms with Crippen LogP contribution in [0.25, 0.3) is 16.0 Å². The van der Waals surface area contributed by atoms with Gasteiger partial charge in [0.2, 0.25) is 0 Å². The highest BCUT2D eigenvalue weighted by Gasteiger charge is 2.48. The summed E-state index contributed by atoms with van der Waals surface area (Å²) in [4.78, 5) is 32.3. The number of benzene rings is 3. The molecule has 0 spiro atoms. The standard InChI is InChI=1S/C25H16BrFN2O4S/c1-33-17-10-11-18-19(12-17)34-25(28-18)29-21(13-2-6-15(26)7-3-13)20(23(31)24(29)32)22(30)14-4-8-16(27)9-5-14/h2-12,21,30H,1H3/b22-20+/t21-/m0/s1. The predicted molar refractivity (Wildman–Crippen MR) is 131 cm³/mol. The lowest BCUT2D eigenvalue weighted by Crippen LogP contribution is -2.29. The Morgan fingerprint density at radius 2 is 1.79 bits per heavy atom. The molecule has 1 aliphatic rings. The van der Waals surface area contributed by atoms with Crippen molar-refractivity contribution in [2.45, 2.75) is 6.04 Å². The summed E-state index contributed by atoms with van der Waals surface area (Å²) in [6, 6.07) is 16.6. The Morgan fingerprint density at radius 1 is 1.09 bits per heavy atom. The minimum atomic E-state index is -0.916. The molecule has 0 bridgehead atoms. The number of Topliss-reactive ketones (excluding diaryl/α,β-unsaturated/α-hetero) is 1. The molecule has 0 aliphatic carbocycles. The van der Waals surface area contributed by atoms with Crippen molar-refractivity contribution in [3.63, 3.8) is 0 Å². The molecule has 1 fully saturated rings. The molecule has 3 aromatic carbocycles. The van der Waals surface area contributed by atoms with Gasteiger partial charge in [0.25, 0.3) is 5.78 Å². The average Bonchev–Trinajstić information content (AvgIpc) is 3.37. The molecule has 6 nitrogen and oxygen atoms in total. The van der Waals surface area contributed by atoms with Crippen molar-refractivity contribution in [1.29, 1.82) is 0 Å². The van der Waals surface area contributed by atoms with Gasteiger partial charge in [-0.15, -0.1) is 0 Å². The number of aromatic nitrogens is 1. The molecule has 0 saturated carbocycles. The van der Waals surface area contributed by atoms with Gasteiger partial charge in [0.15, 0.2) is 5.13 Å². The first kappa shape index (κ1) is 22.2. The van der Waals surface area contributed by atoms with Crippen LogP contribution in [0.4, 0.5) is 9.52 Å². The van der Waals surface area contributed by atoms with Gasteiger partial charge in [-0.25, -0.2) is 9.37 Å². The van der Waals surface area contributed by atoms with Crippen LogP contribution in [0.5, 0.6) is 5.75 Å². The quantitative estimate of drug-likeness (QED) is 0.201. The predicted octanol–water partition coefficient (Wildman–Crippen LogP) is 5.83. The molecule has 0 radical (unpaired) electrons. The number of aliphatic hydroxyl groups is 1. The van der Waals surface area contributed by atoms with Crippen molar-refractivity contribution in [3.05, 3.63) is 93.7 Å². The van der Waals surface area contributed by atoms with Crippen LogP contribution in [0.1, 0.15) is 17.2 Å². The van der Waals surface area contributed by atoms with Gasteiger partial charge in [0.1, 0.15) is 17.3 Å². The first-order valence-electron chi connectivity index (χ1n) is 10.1. The number of amides is 1. The Hall–Kier alpha value is -3.56. The lowest BCUT2D eigenvalue weighted by Gasteiger charge is -2.23. The summed E-state index contributed by atoms with van der Waals surface area (Å²) in [6.07, 6.45) is 0. The summed E-state index contributed by atoms with van der Waals surface area (Å²) in [5.74, 6) is -1.86. The Bertz CT molecular complexity index is 1460. The minimum absolute atomic E-state index is 0.0873. The van der Waals surface area contributed by atoms with E-state index in [2.05, 4.69) is 20.9 Å². The fourth-order valence-corrected chi connectivity index (χ4v) is 5.16. The molecule has 170 valence electrons. The van der Waals surface area contributed by atoms with Gasteiger partial charge in [0.05, 0.1) is 28.9 Å². The fraction of sp³-hybridized carbons (Fsp3) is 0.0800. The summed E-state index contributed by atoms with van der Waals surface area (Å²) >= 11 is 4.64. The molecule has 1 aliphatic heterocycles. The zero-order valence-corrected chi connectivity index (χ0v) is 20.1. The number of hydrogen-bond donors (Lipinski definition) is 1. The molecule has 34 heavy (non-hydrogen) atoms. The zero-order valence-electron chi connectivity index (χ0n) is 17.7. The number of aliphatic hydroxyl groups excluding tert-OH is 1. The van der Waals surface area contributed by atoms with Gasteiger partial charge < -0.3 is 9.84 Å². The van der Waals surface area contributed by atoms with Crippen molar-refractivity contribution in [1.82, 2.24) is 4.98 Å². The lowest BCUT2D eigenvalue weighted by molar-refractivity contribution is -0.132. The Morgan fingerprint density at radius 3 is 2.47 bits per heavy atom. The van der Waals surface area contributed by atoms with E-state index in [1.807, 2.05) is 0 Å². The molecule has 0 unspecified atom stereocenters. The van der Waals surface area contributed by atoms with Gasteiger partial charge in [-0.3, -0.25) is 14.5 Å². The summed E-state index contributed by atoms with van der Waals surface area (Å²) in [5.41, 5.74) is 1.41. The largest absolute Gasteiger partial charge is 0.507 e. The number of ketones is 1. The third-order valence-electron chi connectivity index (χ3n) is 5.54. The number of ether oxygens (including phenoxy) is 1. The van der Waals surface area contributed by atoms with E-state index in [0.717, 1.165) is 9.17 Å². The van der Waals surface area contributed by atoms with E-state index in [4.69, 9.17) is 4.74 Å². The van der Waals surface area contributed by atoms with E-state index in [-0.39, 0.29) is 16.9 Å². The maximum atomic E-state index is 13.4. The average molecular weight is 539 g/mol. The number of thiazole rings is 1. The van der Waals surface area contributed by atoms with E-state index in [1.165, 1.54) is 40.5 Å². The number of anilines is 1. The lowest BCUT2D eigenvalue weighted by atomic mass is 9.95. The van der Waals surface area contributed by atoms with E-state index >= 15 is 0 Å². The molecule has 1 aromatic heterocycles. The SMILES string of the molecule is COc1ccc2nc(N3C(=O)C(=O)/C(=C(/O)c4ccc(F)cc4)[C@@H]3c3ccc(Br)cc3)sc2c1. The van der Waals surface area contributed by atoms with Crippen LogP contribution in [0.2, 0.25) is 0 Å². The van der Waals surface area contributed by atoms with E-state index < -0.39 is 23.5 Å². The highest BCUT2D eigenvalue weighted by Crippen LogP contribution is 2.44. The minimum Gasteiger partial charge on any atom is -0.507 e. The molecule has 2 heterocycles. The van der Waals surface area contributed by atoms with Gasteiger partial charge in [-0.1, -0.05) is 39.4 Å². The third kappa shape index (κ3) is 3.76. The van der Waals surface area contributed by atoms with Gasteiger partial charge in [0, 0.05) is 10.0 Å². The molecular weight excluding hydrogens is 523 g/mol. The summed E-state index contributed by atoms with van der Waals surface area (Å²) in [5, 5.41) is 11.4. The van der Waals surface area contributed by atoms with Gasteiger partial charge >= 0.3 is 5.91 Å². The summed E-state index contributed by atoms with van der Waals surface area (Å²) in [6.45, 7) is 0. The maximum Gasteiger partial charge on any atom is 0.301 e. The van der Waals surface area contributed by atoms with E-state index in [9.17, 15) is 19.1 Å². The van der Waals surface area contributed by atoms with Gasteiger partial charge in [-0.2, -0.15) is 0 Å². The maximum absolute atomic E-state index is 13.4. The van der Waals surface area contributed by atoms with Crippen molar-refractivity contribution >= 4 is 60.1 Å². The topological polar surface area (TPSA) is 79.7 Å². The third-order valence-corrected chi connectivity index (χ3v) is 7.08. The van der Waals surface area contributed by atoms with Crippen LogP contribution in [0.15, 0.2) is 76.8 Å². The smallest absolute Gasteiger partial charge is 0.301 e. The summed E-state index contributed by atoms with van der Waals surface area (Å²) < 4.78 is 20.3. The molecule has 5 rings (SSSR count). The van der Waals surface area contributed by atoms with Crippen LogP contribution in [-0.4, -0.2) is 28.9 Å². The first-order chi connectivity index (χ1) is 16.4. The number of carbonyl (C=O) groups excluding carboxylic acids is 2. The van der Waals surface area contributed by atoms with E-state index in [0.29, 0.717) is 22.0 Å². The molecule has 4 aromatic rings. The second-order valence-corrected chi connectivity index (χ2v) is 9.48. The molecule has 1 amide bonds. The van der Waals surface area contributed by atoms with E-state index in [1.54, 1.807) is 49.6 Å². The molecule has 1 atom stereocenters.